The molecule has 9 heteroatoms. The lowest BCUT2D eigenvalue weighted by Gasteiger charge is -2.12. The quantitative estimate of drug-likeness (QED) is 0.441. The summed E-state index contributed by atoms with van der Waals surface area (Å²) in [6.45, 7) is 2.46. The van der Waals surface area contributed by atoms with Crippen LogP contribution in [0.4, 0.5) is 0 Å². The fourth-order valence-corrected chi connectivity index (χ4v) is 4.39. The number of para-hydroxylation sites is 2. The lowest BCUT2D eigenvalue weighted by molar-refractivity contribution is 0.770. The van der Waals surface area contributed by atoms with E-state index in [1.165, 1.54) is 4.68 Å². The Kier molecular flexibility index (Phi) is 3.95. The van der Waals surface area contributed by atoms with Gasteiger partial charge in [0.15, 0.2) is 0 Å². The Hall–Kier alpha value is -4.32. The first-order valence-electron chi connectivity index (χ1n) is 10.4. The molecule has 0 amide bonds. The second-order valence-electron chi connectivity index (χ2n) is 8.17. The van der Waals surface area contributed by atoms with Crippen molar-refractivity contribution in [3.8, 4) is 17.6 Å². The number of imidazole rings is 1. The lowest BCUT2D eigenvalue weighted by Crippen LogP contribution is -2.24. The molecule has 0 N–H and O–H groups in total. The molecule has 0 aliphatic heterocycles. The third-order valence-corrected chi connectivity index (χ3v) is 6.17. The van der Waals surface area contributed by atoms with Crippen molar-refractivity contribution in [1.82, 2.24) is 33.9 Å². The van der Waals surface area contributed by atoms with Gasteiger partial charge in [0.05, 0.1) is 29.0 Å². The van der Waals surface area contributed by atoms with E-state index in [9.17, 15) is 10.1 Å². The van der Waals surface area contributed by atoms with Crippen LogP contribution in [0.1, 0.15) is 30.7 Å². The highest BCUT2D eigenvalue weighted by molar-refractivity contribution is 5.85. The molecule has 1 aromatic carbocycles. The molecule has 0 spiro atoms. The third kappa shape index (κ3) is 2.66. The summed E-state index contributed by atoms with van der Waals surface area (Å²) >= 11 is 0. The maximum Gasteiger partial charge on any atom is 0.278 e. The van der Waals surface area contributed by atoms with Crippen LogP contribution in [0.2, 0.25) is 0 Å². The van der Waals surface area contributed by atoms with E-state index in [0.717, 1.165) is 28.8 Å². The first-order chi connectivity index (χ1) is 15.7. The van der Waals surface area contributed by atoms with Gasteiger partial charge < -0.3 is 0 Å². The van der Waals surface area contributed by atoms with Gasteiger partial charge in [0.2, 0.25) is 6.19 Å². The number of nitrogens with zero attached hydrogens (tertiary/aromatic N) is 8. The Morgan fingerprint density at radius 2 is 1.91 bits per heavy atom. The Labute approximate surface area is 182 Å². The maximum absolute atomic E-state index is 13.8. The van der Waals surface area contributed by atoms with Crippen LogP contribution < -0.4 is 5.56 Å². The van der Waals surface area contributed by atoms with Crippen LogP contribution >= 0.6 is 0 Å². The summed E-state index contributed by atoms with van der Waals surface area (Å²) in [7, 11) is 0. The van der Waals surface area contributed by atoms with Crippen LogP contribution in [0.25, 0.3) is 27.9 Å². The minimum Gasteiger partial charge on any atom is -0.299 e. The Balaban J connectivity index is 1.66. The minimum absolute atomic E-state index is 0.206. The first kappa shape index (κ1) is 18.4. The zero-order chi connectivity index (χ0) is 21.8. The first-order valence-corrected chi connectivity index (χ1v) is 10.4. The number of fused-ring (bicyclic) bond motifs is 3. The van der Waals surface area contributed by atoms with E-state index in [1.54, 1.807) is 21.5 Å². The highest BCUT2D eigenvalue weighted by Crippen LogP contribution is 2.49. The second kappa shape index (κ2) is 6.85. The predicted octanol–water partition coefficient (Wildman–Crippen LogP) is 2.80. The average Bonchev–Trinajstić information content (AvgIpc) is 3.22. The summed E-state index contributed by atoms with van der Waals surface area (Å²) in [5.41, 5.74) is 4.24. The molecule has 1 aliphatic carbocycles. The number of nitriles is 1. The number of hydrogen-bond donors (Lipinski definition) is 0. The van der Waals surface area contributed by atoms with Crippen molar-refractivity contribution < 1.29 is 0 Å². The molecule has 6 rings (SSSR count). The standard InChI is InChI=1S/C23H18N8O/c1-14-10-16(14)19-21(31(12-24)28-27-19)20-22-23(32)29(11-15-6-4-5-9-25-15)17-7-2-3-8-18(17)30(22)13-26-20/h2-9,13-14,16H,10-11H2,1H3. The van der Waals surface area contributed by atoms with Gasteiger partial charge in [-0.2, -0.15) is 5.26 Å². The van der Waals surface area contributed by atoms with Gasteiger partial charge in [-0.25, -0.2) is 4.98 Å². The average molecular weight is 422 g/mol. The topological polar surface area (TPSA) is 107 Å². The maximum atomic E-state index is 13.8. The van der Waals surface area contributed by atoms with Gasteiger partial charge in [-0.3, -0.25) is 18.7 Å². The molecule has 9 nitrogen and oxygen atoms in total. The summed E-state index contributed by atoms with van der Waals surface area (Å²) in [5, 5.41) is 17.9. The summed E-state index contributed by atoms with van der Waals surface area (Å²) in [4.78, 5) is 22.8. The number of aromatic nitrogens is 7. The molecule has 2 unspecified atom stereocenters. The smallest absolute Gasteiger partial charge is 0.278 e. The van der Waals surface area contributed by atoms with Crippen molar-refractivity contribution in [2.24, 2.45) is 5.92 Å². The van der Waals surface area contributed by atoms with Gasteiger partial charge in [0, 0.05) is 12.1 Å². The molecule has 1 aliphatic rings. The van der Waals surface area contributed by atoms with Crippen molar-refractivity contribution in [2.75, 3.05) is 0 Å². The van der Waals surface area contributed by atoms with Crippen molar-refractivity contribution in [2.45, 2.75) is 25.8 Å². The minimum atomic E-state index is -0.206. The van der Waals surface area contributed by atoms with Gasteiger partial charge in [0.1, 0.15) is 23.2 Å². The van der Waals surface area contributed by atoms with Gasteiger partial charge in [0.25, 0.3) is 5.56 Å². The summed E-state index contributed by atoms with van der Waals surface area (Å²) < 4.78 is 4.66. The van der Waals surface area contributed by atoms with Gasteiger partial charge in [-0.15, -0.1) is 9.78 Å². The van der Waals surface area contributed by atoms with E-state index >= 15 is 0 Å². The van der Waals surface area contributed by atoms with Crippen LogP contribution in [0.5, 0.6) is 0 Å². The monoisotopic (exact) mass is 422 g/mol. The summed E-state index contributed by atoms with van der Waals surface area (Å²) in [6, 6.07) is 13.3. The van der Waals surface area contributed by atoms with Crippen molar-refractivity contribution >= 4 is 16.6 Å². The normalized spacial score (nSPS) is 17.6. The molecule has 0 radical (unpaired) electrons. The lowest BCUT2D eigenvalue weighted by atomic mass is 10.1. The van der Waals surface area contributed by atoms with E-state index in [-0.39, 0.29) is 11.5 Å². The molecule has 32 heavy (non-hydrogen) atoms. The van der Waals surface area contributed by atoms with E-state index in [1.807, 2.05) is 42.5 Å². The van der Waals surface area contributed by atoms with Gasteiger partial charge >= 0.3 is 0 Å². The van der Waals surface area contributed by atoms with Crippen LogP contribution in [-0.4, -0.2) is 33.9 Å². The zero-order valence-corrected chi connectivity index (χ0v) is 17.3. The number of pyridine rings is 1. The molecule has 4 heterocycles. The van der Waals surface area contributed by atoms with Crippen LogP contribution in [-0.2, 0) is 6.54 Å². The highest BCUT2D eigenvalue weighted by atomic mass is 16.1. The van der Waals surface area contributed by atoms with Crippen molar-refractivity contribution in [1.29, 1.82) is 5.26 Å². The third-order valence-electron chi connectivity index (χ3n) is 6.17. The summed E-state index contributed by atoms with van der Waals surface area (Å²) in [5.74, 6) is 0.688. The Morgan fingerprint density at radius 3 is 2.62 bits per heavy atom. The molecule has 4 aromatic heterocycles. The van der Waals surface area contributed by atoms with Gasteiger partial charge in [-0.05, 0) is 36.6 Å². The van der Waals surface area contributed by atoms with E-state index in [0.29, 0.717) is 29.4 Å². The molecular formula is C23H18N8O. The van der Waals surface area contributed by atoms with E-state index < -0.39 is 0 Å². The molecule has 1 fully saturated rings. The molecule has 156 valence electrons. The van der Waals surface area contributed by atoms with E-state index in [4.69, 9.17) is 0 Å². The molecule has 0 saturated heterocycles. The molecule has 0 bridgehead atoms. The van der Waals surface area contributed by atoms with Crippen LogP contribution in [0.3, 0.4) is 0 Å². The predicted molar refractivity (Wildman–Crippen MR) is 117 cm³/mol. The highest BCUT2D eigenvalue weighted by Gasteiger charge is 2.40. The van der Waals surface area contributed by atoms with E-state index in [2.05, 4.69) is 33.4 Å². The SMILES string of the molecule is CC1CC1c1nnn(C#N)c1-c1ncn2c1c(=O)n(Cc1ccccn1)c1ccccc12. The fourth-order valence-electron chi connectivity index (χ4n) is 4.39. The zero-order valence-electron chi connectivity index (χ0n) is 17.3. The van der Waals surface area contributed by atoms with Crippen LogP contribution in [0.15, 0.2) is 59.8 Å². The molecule has 2 atom stereocenters. The molecule has 1 saturated carbocycles. The van der Waals surface area contributed by atoms with Gasteiger partial charge in [-0.1, -0.05) is 30.3 Å². The summed E-state index contributed by atoms with van der Waals surface area (Å²) in [6.07, 6.45) is 6.38. The number of hydrogen-bond acceptors (Lipinski definition) is 6. The second-order valence-corrected chi connectivity index (χ2v) is 8.17. The number of benzene rings is 1. The van der Waals surface area contributed by atoms with Crippen LogP contribution in [0, 0.1) is 17.4 Å². The Bertz CT molecular complexity index is 1590. The molecule has 5 aromatic rings. The van der Waals surface area contributed by atoms with Crippen molar-refractivity contribution in [3.63, 3.8) is 0 Å². The molecular weight excluding hydrogens is 404 g/mol. The largest absolute Gasteiger partial charge is 0.299 e. The number of rotatable bonds is 4. The Morgan fingerprint density at radius 1 is 1.12 bits per heavy atom. The van der Waals surface area contributed by atoms with Crippen molar-refractivity contribution in [3.05, 3.63) is 76.7 Å². The fraction of sp³-hybridized carbons (Fsp3) is 0.217.